The Hall–Kier alpha value is -3.94. The van der Waals surface area contributed by atoms with E-state index in [9.17, 15) is 0 Å². The zero-order valence-electron chi connectivity index (χ0n) is 21.9. The second-order valence-corrected chi connectivity index (χ2v) is 15.5. The molecule has 1 heterocycles. The minimum absolute atomic E-state index is 1.28. The van der Waals surface area contributed by atoms with E-state index in [0.717, 1.165) is 0 Å². The molecule has 1 aliphatic heterocycles. The zero-order chi connectivity index (χ0) is 25.3. The normalized spacial score (nSPS) is 13.6. The molecule has 1 heteroatoms. The van der Waals surface area contributed by atoms with Crippen LogP contribution in [0.25, 0.3) is 54.9 Å². The summed E-state index contributed by atoms with van der Waals surface area (Å²) in [6.07, 6.45) is 0. The monoisotopic (exact) mass is 490 g/mol. The van der Waals surface area contributed by atoms with E-state index in [1.54, 1.807) is 10.4 Å². The first-order chi connectivity index (χ1) is 17.9. The van der Waals surface area contributed by atoms with Crippen molar-refractivity contribution < 1.29 is 0 Å². The zero-order valence-corrected chi connectivity index (χ0v) is 22.9. The molecule has 1 aliphatic rings. The molecule has 37 heavy (non-hydrogen) atoms. The van der Waals surface area contributed by atoms with Crippen LogP contribution in [-0.2, 0) is 0 Å². The summed E-state index contributed by atoms with van der Waals surface area (Å²) in [6.45, 7) is 9.44. The Bertz CT molecular complexity index is 1840. The SMILES string of the molecule is Cc1cc(C)cc(-c2c3ccccc3c(-c3ccccc3)c3cc4c(cc23)-c2ccccc2[Si]4(C)C)c1. The largest absolute Gasteiger partial charge is 0.113 e. The van der Waals surface area contributed by atoms with E-state index in [0.29, 0.717) is 0 Å². The molecule has 0 saturated heterocycles. The lowest BCUT2D eigenvalue weighted by molar-refractivity contribution is 1.39. The molecule has 178 valence electrons. The molecule has 0 amide bonds. The second-order valence-electron chi connectivity index (χ2n) is 11.2. The maximum Gasteiger partial charge on any atom is 0.113 e. The third-order valence-electron chi connectivity index (χ3n) is 8.30. The average Bonchev–Trinajstić information content (AvgIpc) is 3.12. The van der Waals surface area contributed by atoms with Crippen LogP contribution in [0, 0.1) is 13.8 Å². The summed E-state index contributed by atoms with van der Waals surface area (Å²) in [6, 6.07) is 41.2. The van der Waals surface area contributed by atoms with Gasteiger partial charge in [-0.15, -0.1) is 0 Å². The van der Waals surface area contributed by atoms with Gasteiger partial charge < -0.3 is 0 Å². The van der Waals surface area contributed by atoms with Gasteiger partial charge in [0.05, 0.1) is 0 Å². The lowest BCUT2D eigenvalue weighted by Gasteiger charge is -2.22. The third-order valence-corrected chi connectivity index (χ3v) is 11.8. The van der Waals surface area contributed by atoms with Gasteiger partial charge in [-0.05, 0) is 85.2 Å². The van der Waals surface area contributed by atoms with Crippen molar-refractivity contribution in [3.8, 4) is 33.4 Å². The predicted molar refractivity (Wildman–Crippen MR) is 164 cm³/mol. The third kappa shape index (κ3) is 3.27. The summed E-state index contributed by atoms with van der Waals surface area (Å²) in [5, 5.41) is 8.47. The summed E-state index contributed by atoms with van der Waals surface area (Å²) >= 11 is 0. The quantitative estimate of drug-likeness (QED) is 0.168. The Morgan fingerprint density at radius 3 is 1.70 bits per heavy atom. The van der Waals surface area contributed by atoms with Gasteiger partial charge in [-0.1, -0.05) is 127 Å². The standard InChI is InChI=1S/C36H30Si/c1-23-18-24(2)20-26(19-23)36-29-16-9-8-15-28(29)35(25-12-6-5-7-13-25)32-22-34-30(21-31(32)36)27-14-10-11-17-33(27)37(34,3)4/h5-22H,1-4H3. The van der Waals surface area contributed by atoms with E-state index in [4.69, 9.17) is 0 Å². The highest BCUT2D eigenvalue weighted by molar-refractivity contribution is 7.04. The maximum absolute atomic E-state index is 2.57. The molecule has 0 radical (unpaired) electrons. The van der Waals surface area contributed by atoms with E-state index in [1.165, 1.54) is 66.1 Å². The first kappa shape index (κ1) is 22.3. The first-order valence-electron chi connectivity index (χ1n) is 13.2. The number of fused-ring (bicyclic) bond motifs is 5. The summed E-state index contributed by atoms with van der Waals surface area (Å²) in [5.74, 6) is 0. The summed E-state index contributed by atoms with van der Waals surface area (Å²) in [5.41, 5.74) is 10.8. The van der Waals surface area contributed by atoms with E-state index in [-0.39, 0.29) is 0 Å². The molecule has 6 aromatic rings. The molecule has 0 spiro atoms. The molecule has 7 rings (SSSR count). The lowest BCUT2D eigenvalue weighted by atomic mass is 9.84. The Morgan fingerprint density at radius 2 is 1.00 bits per heavy atom. The van der Waals surface area contributed by atoms with Crippen LogP contribution in [0.15, 0.2) is 109 Å². The maximum atomic E-state index is 2.57. The van der Waals surface area contributed by atoms with Gasteiger partial charge >= 0.3 is 0 Å². The highest BCUT2D eigenvalue weighted by Crippen LogP contribution is 2.45. The fourth-order valence-corrected chi connectivity index (χ4v) is 9.80. The smallest absolute Gasteiger partial charge is 0.0623 e. The molecule has 0 N–H and O–H groups in total. The number of benzene rings is 6. The van der Waals surface area contributed by atoms with Gasteiger partial charge in [0.15, 0.2) is 0 Å². The van der Waals surface area contributed by atoms with Crippen LogP contribution in [0.2, 0.25) is 13.1 Å². The molecule has 0 atom stereocenters. The Balaban J connectivity index is 1.72. The van der Waals surface area contributed by atoms with Crippen LogP contribution in [0.3, 0.4) is 0 Å². The van der Waals surface area contributed by atoms with Crippen LogP contribution in [0.5, 0.6) is 0 Å². The molecular formula is C36H30Si. The predicted octanol–water partition coefficient (Wildman–Crippen LogP) is 8.75. The van der Waals surface area contributed by atoms with Crippen molar-refractivity contribution >= 4 is 40.0 Å². The Kier molecular flexibility index (Phi) is 4.83. The molecule has 0 aromatic heterocycles. The van der Waals surface area contributed by atoms with Crippen molar-refractivity contribution in [1.29, 1.82) is 0 Å². The van der Waals surface area contributed by atoms with Crippen LogP contribution >= 0.6 is 0 Å². The van der Waals surface area contributed by atoms with Crippen LogP contribution < -0.4 is 10.4 Å². The molecule has 0 fully saturated rings. The van der Waals surface area contributed by atoms with Crippen molar-refractivity contribution in [3.05, 3.63) is 120 Å². The average molecular weight is 491 g/mol. The number of hydrogen-bond donors (Lipinski definition) is 0. The number of aryl methyl sites for hydroxylation is 2. The van der Waals surface area contributed by atoms with E-state index >= 15 is 0 Å². The van der Waals surface area contributed by atoms with Crippen molar-refractivity contribution in [2.75, 3.05) is 0 Å². The van der Waals surface area contributed by atoms with Crippen LogP contribution in [0.1, 0.15) is 11.1 Å². The molecular weight excluding hydrogens is 460 g/mol. The summed E-state index contributed by atoms with van der Waals surface area (Å²) < 4.78 is 0. The van der Waals surface area contributed by atoms with Gasteiger partial charge in [-0.2, -0.15) is 0 Å². The molecule has 0 saturated carbocycles. The molecule has 0 bridgehead atoms. The minimum atomic E-state index is -1.80. The van der Waals surface area contributed by atoms with Gasteiger partial charge in [0, 0.05) is 0 Å². The molecule has 0 nitrogen and oxygen atoms in total. The van der Waals surface area contributed by atoms with Gasteiger partial charge in [0.2, 0.25) is 0 Å². The van der Waals surface area contributed by atoms with E-state index < -0.39 is 8.07 Å². The topological polar surface area (TPSA) is 0 Å². The highest BCUT2D eigenvalue weighted by atomic mass is 28.3. The van der Waals surface area contributed by atoms with Gasteiger partial charge in [0.1, 0.15) is 8.07 Å². The fourth-order valence-electron chi connectivity index (χ4n) is 6.72. The van der Waals surface area contributed by atoms with Crippen LogP contribution in [-0.4, -0.2) is 8.07 Å². The lowest BCUT2D eigenvalue weighted by Crippen LogP contribution is -2.49. The van der Waals surface area contributed by atoms with E-state index in [1.807, 2.05) is 0 Å². The van der Waals surface area contributed by atoms with E-state index in [2.05, 4.69) is 136 Å². The molecule has 0 unspecified atom stereocenters. The van der Waals surface area contributed by atoms with Gasteiger partial charge in [-0.3, -0.25) is 0 Å². The Morgan fingerprint density at radius 1 is 0.432 bits per heavy atom. The number of rotatable bonds is 2. The van der Waals surface area contributed by atoms with Crippen molar-refractivity contribution in [2.24, 2.45) is 0 Å². The Labute approximate surface area is 220 Å². The molecule has 0 aliphatic carbocycles. The second kappa shape index (κ2) is 8.03. The van der Waals surface area contributed by atoms with Crippen molar-refractivity contribution in [3.63, 3.8) is 0 Å². The van der Waals surface area contributed by atoms with Crippen molar-refractivity contribution in [2.45, 2.75) is 26.9 Å². The minimum Gasteiger partial charge on any atom is -0.0623 e. The summed E-state index contributed by atoms with van der Waals surface area (Å²) in [7, 11) is -1.80. The summed E-state index contributed by atoms with van der Waals surface area (Å²) in [4.78, 5) is 0. The highest BCUT2D eigenvalue weighted by Gasteiger charge is 2.38. The molecule has 6 aromatic carbocycles. The van der Waals surface area contributed by atoms with Gasteiger partial charge in [-0.25, -0.2) is 0 Å². The number of hydrogen-bond acceptors (Lipinski definition) is 0. The van der Waals surface area contributed by atoms with Crippen molar-refractivity contribution in [1.82, 2.24) is 0 Å². The van der Waals surface area contributed by atoms with Crippen LogP contribution in [0.4, 0.5) is 0 Å². The fraction of sp³-hybridized carbons (Fsp3) is 0.111. The first-order valence-corrected chi connectivity index (χ1v) is 16.2. The van der Waals surface area contributed by atoms with Gasteiger partial charge in [0.25, 0.3) is 0 Å².